The number of hydrogen-bond donors (Lipinski definition) is 0. The molecule has 0 saturated heterocycles. The standard InChI is InChI=1S/C13H15.2ClH.Hf/c1-3-10-8-12-7-5-6-11(4-2)13(12)9-10;;;/h5-9H,3-4H2,1-2H3;2*1H;/q;;;+2/p-2. The van der Waals surface area contributed by atoms with Crippen molar-refractivity contribution in [2.75, 3.05) is 0 Å². The van der Waals surface area contributed by atoms with Gasteiger partial charge in [-0.05, 0) is 29.5 Å². The van der Waals surface area contributed by atoms with E-state index in [1.165, 1.54) is 22.3 Å². The third-order valence-corrected chi connectivity index (χ3v) is 2.69. The van der Waals surface area contributed by atoms with Crippen molar-refractivity contribution in [2.24, 2.45) is 0 Å². The number of rotatable bonds is 2. The first-order valence-electron chi connectivity index (χ1n) is 5.40. The van der Waals surface area contributed by atoms with Gasteiger partial charge in [0, 0.05) is 6.42 Å². The number of halogens is 2. The summed E-state index contributed by atoms with van der Waals surface area (Å²) in [6, 6.07) is 6.58. The third kappa shape index (κ3) is 3.72. The van der Waals surface area contributed by atoms with E-state index in [9.17, 15) is 0 Å². The van der Waals surface area contributed by atoms with E-state index in [0.29, 0.717) is 0 Å². The Kier molecular flexibility index (Phi) is 6.95. The Morgan fingerprint density at radius 2 is 1.81 bits per heavy atom. The number of hydrogen-bond acceptors (Lipinski definition) is 0. The quantitative estimate of drug-likeness (QED) is 0.592. The zero-order chi connectivity index (χ0) is 12.0. The van der Waals surface area contributed by atoms with Crippen LogP contribution in [0.15, 0.2) is 23.8 Å². The average Bonchev–Trinajstić information content (AvgIpc) is 2.72. The number of allylic oxidation sites excluding steroid dienone is 1. The van der Waals surface area contributed by atoms with Crippen LogP contribution >= 0.6 is 17.2 Å². The molecule has 1 aromatic rings. The summed E-state index contributed by atoms with van der Waals surface area (Å²) in [5.74, 6) is 0. The topological polar surface area (TPSA) is 0 Å². The molecule has 0 N–H and O–H groups in total. The predicted octanol–water partition coefficient (Wildman–Crippen LogP) is 4.98. The van der Waals surface area contributed by atoms with E-state index in [1.54, 1.807) is 0 Å². The Hall–Kier alpha value is 0.410. The Balaban J connectivity index is 0.000000386. The van der Waals surface area contributed by atoms with Crippen LogP contribution in [0.1, 0.15) is 37.0 Å². The molecule has 1 aromatic carbocycles. The molecular weight excluding hydrogens is 406 g/mol. The van der Waals surface area contributed by atoms with Crippen molar-refractivity contribution >= 4 is 23.2 Å². The van der Waals surface area contributed by atoms with Gasteiger partial charge in [-0.15, -0.1) is 0 Å². The van der Waals surface area contributed by atoms with E-state index in [0.717, 1.165) is 12.8 Å². The minimum atomic E-state index is -0.972. The summed E-state index contributed by atoms with van der Waals surface area (Å²) in [6.45, 7) is 4.42. The summed E-state index contributed by atoms with van der Waals surface area (Å²) in [4.78, 5) is 0. The van der Waals surface area contributed by atoms with Crippen LogP contribution in [0.25, 0.3) is 6.08 Å². The molecule has 0 heterocycles. The first kappa shape index (κ1) is 14.5. The van der Waals surface area contributed by atoms with Crippen LogP contribution in [-0.2, 0) is 27.0 Å². The van der Waals surface area contributed by atoms with Gasteiger partial charge in [-0.3, -0.25) is 0 Å². The summed E-state index contributed by atoms with van der Waals surface area (Å²) < 4.78 is 0. The molecule has 0 unspecified atom stereocenters. The second kappa shape index (κ2) is 7.68. The van der Waals surface area contributed by atoms with E-state index in [4.69, 9.17) is 17.2 Å². The molecule has 0 bridgehead atoms. The Labute approximate surface area is 117 Å². The summed E-state index contributed by atoms with van der Waals surface area (Å²) >= 11 is -0.972. The first-order chi connectivity index (χ1) is 7.76. The predicted molar refractivity (Wildman–Crippen MR) is 69.2 cm³/mol. The molecule has 0 spiro atoms. The summed E-state index contributed by atoms with van der Waals surface area (Å²) in [5.41, 5.74) is 5.77. The average molecular weight is 421 g/mol. The van der Waals surface area contributed by atoms with E-state index in [-0.39, 0.29) is 0 Å². The molecule has 85 valence electrons. The molecule has 16 heavy (non-hydrogen) atoms. The molecule has 1 aliphatic carbocycles. The van der Waals surface area contributed by atoms with Crippen molar-refractivity contribution in [2.45, 2.75) is 26.7 Å². The van der Waals surface area contributed by atoms with Gasteiger partial charge in [0.1, 0.15) is 0 Å². The minimum absolute atomic E-state index is 0.972. The van der Waals surface area contributed by atoms with Gasteiger partial charge >= 0.3 is 37.7 Å². The number of aryl methyl sites for hydroxylation is 1. The van der Waals surface area contributed by atoms with Crippen LogP contribution in [0.5, 0.6) is 0 Å². The molecule has 0 aliphatic heterocycles. The van der Waals surface area contributed by atoms with Crippen LogP contribution in [0.3, 0.4) is 0 Å². The van der Waals surface area contributed by atoms with E-state index < -0.39 is 20.5 Å². The van der Waals surface area contributed by atoms with Crippen molar-refractivity contribution in [3.63, 3.8) is 0 Å². The molecule has 0 fully saturated rings. The Morgan fingerprint density at radius 1 is 1.12 bits per heavy atom. The Bertz CT molecular complexity index is 372. The molecule has 0 atom stereocenters. The summed E-state index contributed by atoms with van der Waals surface area (Å²) in [7, 11) is 9.92. The fourth-order valence-electron chi connectivity index (χ4n) is 1.87. The molecule has 0 saturated carbocycles. The van der Waals surface area contributed by atoms with E-state index in [2.05, 4.69) is 44.5 Å². The fraction of sp³-hybridized carbons (Fsp3) is 0.308. The summed E-state index contributed by atoms with van der Waals surface area (Å²) in [5, 5.41) is 0. The molecule has 2 rings (SSSR count). The second-order valence-corrected chi connectivity index (χ2v) is 8.75. The van der Waals surface area contributed by atoms with E-state index >= 15 is 0 Å². The van der Waals surface area contributed by atoms with Crippen molar-refractivity contribution in [3.8, 4) is 0 Å². The van der Waals surface area contributed by atoms with Gasteiger partial charge in [0.25, 0.3) is 0 Å². The summed E-state index contributed by atoms with van der Waals surface area (Å²) in [6.07, 6.45) is 6.89. The molecular formula is C13H15Cl2Hf. The number of fused-ring (bicyclic) bond motifs is 1. The molecule has 1 radical (unpaired) electrons. The maximum atomic E-state index is 4.96. The van der Waals surface area contributed by atoms with Crippen molar-refractivity contribution in [3.05, 3.63) is 46.9 Å². The van der Waals surface area contributed by atoms with E-state index in [1.807, 2.05) is 0 Å². The van der Waals surface area contributed by atoms with Gasteiger partial charge in [0.2, 0.25) is 0 Å². The maximum absolute atomic E-state index is 4.96. The second-order valence-electron chi connectivity index (χ2n) is 3.56. The van der Waals surface area contributed by atoms with Gasteiger partial charge < -0.3 is 0 Å². The SMILES string of the molecule is CCC1=Cc2c(cccc2CC)[CH]1.[Cl][Hf][Cl]. The fourth-order valence-corrected chi connectivity index (χ4v) is 1.87. The van der Waals surface area contributed by atoms with Crippen molar-refractivity contribution < 1.29 is 20.5 Å². The van der Waals surface area contributed by atoms with Crippen LogP contribution in [0, 0.1) is 6.42 Å². The molecule has 0 amide bonds. The number of benzene rings is 1. The molecule has 0 aromatic heterocycles. The van der Waals surface area contributed by atoms with Crippen molar-refractivity contribution in [1.29, 1.82) is 0 Å². The van der Waals surface area contributed by atoms with Gasteiger partial charge in [0.05, 0.1) is 0 Å². The normalized spacial score (nSPS) is 12.4. The third-order valence-electron chi connectivity index (χ3n) is 2.69. The van der Waals surface area contributed by atoms with Crippen molar-refractivity contribution in [1.82, 2.24) is 0 Å². The van der Waals surface area contributed by atoms with Crippen LogP contribution in [0.2, 0.25) is 0 Å². The monoisotopic (exact) mass is 421 g/mol. The first-order valence-corrected chi connectivity index (χ1v) is 14.3. The Morgan fingerprint density at radius 3 is 2.38 bits per heavy atom. The molecule has 1 aliphatic rings. The van der Waals surface area contributed by atoms with Crippen LogP contribution < -0.4 is 0 Å². The molecule has 3 heteroatoms. The zero-order valence-corrected chi connectivity index (χ0v) is 14.7. The van der Waals surface area contributed by atoms with Gasteiger partial charge in [-0.1, -0.05) is 43.7 Å². The van der Waals surface area contributed by atoms with Gasteiger partial charge in [-0.2, -0.15) is 0 Å². The molecule has 0 nitrogen and oxygen atoms in total. The zero-order valence-electron chi connectivity index (χ0n) is 9.56. The van der Waals surface area contributed by atoms with Gasteiger partial charge in [0.15, 0.2) is 0 Å². The van der Waals surface area contributed by atoms with Crippen LogP contribution in [0.4, 0.5) is 0 Å². The van der Waals surface area contributed by atoms with Crippen LogP contribution in [-0.4, -0.2) is 0 Å². The van der Waals surface area contributed by atoms with Gasteiger partial charge in [-0.25, -0.2) is 0 Å².